The molecule has 1 aromatic carbocycles. The molecule has 96 valence electrons. The average Bonchev–Trinajstić information content (AvgIpc) is 2.36. The number of aryl methyl sites for hydroxylation is 1. The van der Waals surface area contributed by atoms with Gasteiger partial charge in [-0.15, -0.1) is 0 Å². The van der Waals surface area contributed by atoms with Gasteiger partial charge >= 0.3 is 16.8 Å². The SMILES string of the molecule is Cn1c(=O)[nH]c(=O)c2c1nc1ccc(Br)cc1[n+]2[O-]. The highest BCUT2D eigenvalue weighted by Gasteiger charge is 2.18. The molecule has 3 rings (SSSR count). The first-order chi connectivity index (χ1) is 8.99. The Labute approximate surface area is 113 Å². The molecule has 0 amide bonds. The summed E-state index contributed by atoms with van der Waals surface area (Å²) in [6, 6.07) is 4.94. The summed E-state index contributed by atoms with van der Waals surface area (Å²) in [5.41, 5.74) is -0.826. The first-order valence-electron chi connectivity index (χ1n) is 5.31. The lowest BCUT2D eigenvalue weighted by Crippen LogP contribution is -2.40. The number of hydrogen-bond donors (Lipinski definition) is 1. The zero-order chi connectivity index (χ0) is 13.7. The van der Waals surface area contributed by atoms with Gasteiger partial charge < -0.3 is 5.21 Å². The number of fused-ring (bicyclic) bond motifs is 2. The second-order valence-electron chi connectivity index (χ2n) is 4.03. The van der Waals surface area contributed by atoms with E-state index < -0.39 is 11.2 Å². The normalized spacial score (nSPS) is 11.3. The summed E-state index contributed by atoms with van der Waals surface area (Å²) in [6.07, 6.45) is 0. The number of aromatic nitrogens is 4. The Morgan fingerprint density at radius 1 is 1.42 bits per heavy atom. The molecule has 1 N–H and O–H groups in total. The summed E-state index contributed by atoms with van der Waals surface area (Å²) in [5, 5.41) is 12.2. The van der Waals surface area contributed by atoms with Crippen LogP contribution in [0.3, 0.4) is 0 Å². The van der Waals surface area contributed by atoms with E-state index in [1.165, 1.54) is 7.05 Å². The van der Waals surface area contributed by atoms with Gasteiger partial charge in [-0.3, -0.25) is 14.3 Å². The number of hydrogen-bond acceptors (Lipinski definition) is 4. The lowest BCUT2D eigenvalue weighted by Gasteiger charge is -2.06. The maximum Gasteiger partial charge on any atom is 0.330 e. The zero-order valence-electron chi connectivity index (χ0n) is 9.68. The van der Waals surface area contributed by atoms with E-state index in [4.69, 9.17) is 0 Å². The lowest BCUT2D eigenvalue weighted by molar-refractivity contribution is -0.549. The molecule has 7 nitrogen and oxygen atoms in total. The van der Waals surface area contributed by atoms with Crippen molar-refractivity contribution in [3.8, 4) is 0 Å². The predicted octanol–water partition coefficient (Wildman–Crippen LogP) is 0.171. The molecule has 0 fully saturated rings. The summed E-state index contributed by atoms with van der Waals surface area (Å²) in [6.45, 7) is 0. The van der Waals surface area contributed by atoms with Crippen LogP contribution in [0.2, 0.25) is 0 Å². The molecule has 0 atom stereocenters. The van der Waals surface area contributed by atoms with E-state index in [0.29, 0.717) is 14.7 Å². The standard InChI is InChI=1S/C11H7BrN4O3/c1-15-9-8(10(17)14-11(15)18)16(19)7-4-5(12)2-3-6(7)13-9/h2-4H,1H3,(H,14,17,18). The molecule has 0 spiro atoms. The molecule has 2 aromatic heterocycles. The Balaban J connectivity index is 2.69. The summed E-state index contributed by atoms with van der Waals surface area (Å²) >= 11 is 3.25. The summed E-state index contributed by atoms with van der Waals surface area (Å²) in [7, 11) is 1.44. The largest absolute Gasteiger partial charge is 0.618 e. The number of H-pyrrole nitrogens is 1. The van der Waals surface area contributed by atoms with Gasteiger partial charge in [0.15, 0.2) is 0 Å². The minimum atomic E-state index is -0.748. The van der Waals surface area contributed by atoms with E-state index >= 15 is 0 Å². The van der Waals surface area contributed by atoms with Crippen molar-refractivity contribution in [3.05, 3.63) is 48.7 Å². The van der Waals surface area contributed by atoms with Gasteiger partial charge in [0.1, 0.15) is 5.52 Å². The van der Waals surface area contributed by atoms with Crippen LogP contribution >= 0.6 is 15.9 Å². The topological polar surface area (TPSA) is 94.7 Å². The van der Waals surface area contributed by atoms with Gasteiger partial charge in [-0.05, 0) is 12.1 Å². The van der Waals surface area contributed by atoms with E-state index in [0.717, 1.165) is 4.57 Å². The lowest BCUT2D eigenvalue weighted by atomic mass is 10.3. The smallest absolute Gasteiger partial charge is 0.330 e. The molecule has 0 aliphatic heterocycles. The molecule has 0 radical (unpaired) electrons. The number of nitrogens with zero attached hydrogens (tertiary/aromatic N) is 3. The fraction of sp³-hybridized carbons (Fsp3) is 0.0909. The molecule has 0 bridgehead atoms. The van der Waals surface area contributed by atoms with E-state index in [1.54, 1.807) is 18.2 Å². The van der Waals surface area contributed by atoms with Gasteiger partial charge in [0.05, 0.1) is 0 Å². The molecule has 8 heteroatoms. The van der Waals surface area contributed by atoms with E-state index in [-0.39, 0.29) is 16.7 Å². The molecule has 0 saturated carbocycles. The van der Waals surface area contributed by atoms with Crippen LogP contribution < -0.4 is 16.0 Å². The third-order valence-corrected chi connectivity index (χ3v) is 3.35. The van der Waals surface area contributed by atoms with E-state index in [2.05, 4.69) is 25.9 Å². The number of halogens is 1. The molecule has 2 heterocycles. The summed E-state index contributed by atoms with van der Waals surface area (Å²) < 4.78 is 2.32. The quantitative estimate of drug-likeness (QED) is 0.362. The van der Waals surface area contributed by atoms with Gasteiger partial charge in [-0.2, -0.15) is 4.73 Å². The van der Waals surface area contributed by atoms with Gasteiger partial charge in [0.2, 0.25) is 11.2 Å². The third-order valence-electron chi connectivity index (χ3n) is 2.86. The molecule has 0 saturated heterocycles. The number of aromatic amines is 1. The Morgan fingerprint density at radius 2 is 2.16 bits per heavy atom. The molecular weight excluding hydrogens is 316 g/mol. The molecule has 0 unspecified atom stereocenters. The minimum absolute atomic E-state index is 0.0542. The van der Waals surface area contributed by atoms with Gasteiger partial charge in [0, 0.05) is 17.6 Å². The van der Waals surface area contributed by atoms with Crippen LogP contribution in [0.25, 0.3) is 22.2 Å². The fourth-order valence-corrected chi connectivity index (χ4v) is 2.25. The van der Waals surface area contributed by atoms with Crippen molar-refractivity contribution < 1.29 is 4.73 Å². The number of benzene rings is 1. The van der Waals surface area contributed by atoms with Crippen LogP contribution in [0.5, 0.6) is 0 Å². The predicted molar refractivity (Wildman–Crippen MR) is 71.8 cm³/mol. The summed E-state index contributed by atoms with van der Waals surface area (Å²) in [5.74, 6) is 0. The van der Waals surface area contributed by atoms with E-state index in [9.17, 15) is 14.8 Å². The molecule has 0 aliphatic rings. The monoisotopic (exact) mass is 322 g/mol. The van der Waals surface area contributed by atoms with Crippen LogP contribution in [0.15, 0.2) is 32.3 Å². The van der Waals surface area contributed by atoms with Crippen molar-refractivity contribution in [1.82, 2.24) is 14.5 Å². The van der Waals surface area contributed by atoms with Crippen LogP contribution in [0.4, 0.5) is 0 Å². The maximum absolute atomic E-state index is 12.2. The van der Waals surface area contributed by atoms with Crippen molar-refractivity contribution in [1.29, 1.82) is 0 Å². The second kappa shape index (κ2) is 3.89. The second-order valence-corrected chi connectivity index (χ2v) is 4.95. The van der Waals surface area contributed by atoms with Crippen LogP contribution in [0.1, 0.15) is 0 Å². The first-order valence-corrected chi connectivity index (χ1v) is 6.10. The van der Waals surface area contributed by atoms with Crippen molar-refractivity contribution in [2.24, 2.45) is 7.05 Å². The van der Waals surface area contributed by atoms with Crippen molar-refractivity contribution >= 4 is 38.1 Å². The Bertz CT molecular complexity index is 944. The van der Waals surface area contributed by atoms with Crippen molar-refractivity contribution in [2.45, 2.75) is 0 Å². The number of nitrogens with one attached hydrogen (secondary N) is 1. The van der Waals surface area contributed by atoms with Gasteiger partial charge in [-0.1, -0.05) is 15.9 Å². The van der Waals surface area contributed by atoms with Crippen LogP contribution in [-0.2, 0) is 7.05 Å². The zero-order valence-corrected chi connectivity index (χ0v) is 11.3. The molecular formula is C11H7BrN4O3. The molecule has 3 aromatic rings. The summed E-state index contributed by atoms with van der Waals surface area (Å²) in [4.78, 5) is 29.5. The highest BCUT2D eigenvalue weighted by atomic mass is 79.9. The van der Waals surface area contributed by atoms with Crippen LogP contribution in [0, 0.1) is 5.21 Å². The van der Waals surface area contributed by atoms with Gasteiger partial charge in [0.25, 0.3) is 0 Å². The molecule has 0 aliphatic carbocycles. The Morgan fingerprint density at radius 3 is 2.89 bits per heavy atom. The van der Waals surface area contributed by atoms with Gasteiger partial charge in [-0.25, -0.2) is 9.78 Å². The van der Waals surface area contributed by atoms with E-state index in [1.807, 2.05) is 0 Å². The number of rotatable bonds is 0. The fourth-order valence-electron chi connectivity index (χ4n) is 1.90. The van der Waals surface area contributed by atoms with Crippen molar-refractivity contribution in [3.63, 3.8) is 0 Å². The average molecular weight is 323 g/mol. The highest BCUT2D eigenvalue weighted by molar-refractivity contribution is 9.10. The molecule has 19 heavy (non-hydrogen) atoms. The Hall–Kier alpha value is -2.22. The van der Waals surface area contributed by atoms with Crippen molar-refractivity contribution in [2.75, 3.05) is 0 Å². The van der Waals surface area contributed by atoms with Crippen LogP contribution in [-0.4, -0.2) is 14.5 Å². The maximum atomic E-state index is 12.2. The first kappa shape index (κ1) is 11.8. The third kappa shape index (κ3) is 1.64. The highest BCUT2D eigenvalue weighted by Crippen LogP contribution is 2.16. The minimum Gasteiger partial charge on any atom is -0.618 e. The Kier molecular flexibility index (Phi) is 2.42.